The summed E-state index contributed by atoms with van der Waals surface area (Å²) in [6.45, 7) is 0. The third kappa shape index (κ3) is 2.01. The van der Waals surface area contributed by atoms with E-state index in [1.165, 1.54) is 0 Å². The van der Waals surface area contributed by atoms with Gasteiger partial charge < -0.3 is 4.90 Å². The molecule has 3 nitrogen and oxygen atoms in total. The van der Waals surface area contributed by atoms with Crippen molar-refractivity contribution in [3.63, 3.8) is 0 Å². The van der Waals surface area contributed by atoms with Gasteiger partial charge in [0.05, 0.1) is 11.6 Å². The highest BCUT2D eigenvalue weighted by molar-refractivity contribution is 5.60. The molecule has 3 heteroatoms. The predicted molar refractivity (Wildman–Crippen MR) is 63.5 cm³/mol. The lowest BCUT2D eigenvalue weighted by molar-refractivity contribution is 1.13. The SMILES string of the molecule is CN(c1cccc(C#N)c1)c1ccccn1. The van der Waals surface area contributed by atoms with Crippen molar-refractivity contribution >= 4 is 11.5 Å². The molecule has 0 unspecified atom stereocenters. The minimum atomic E-state index is 0.653. The van der Waals surface area contributed by atoms with Crippen LogP contribution in [0.25, 0.3) is 0 Å². The van der Waals surface area contributed by atoms with Gasteiger partial charge in [0.1, 0.15) is 5.82 Å². The Morgan fingerprint density at radius 1 is 1.19 bits per heavy atom. The Bertz CT molecular complexity index is 514. The summed E-state index contributed by atoms with van der Waals surface area (Å²) < 4.78 is 0. The highest BCUT2D eigenvalue weighted by Gasteiger charge is 2.04. The molecule has 1 heterocycles. The molecular weight excluding hydrogens is 198 g/mol. The molecule has 0 saturated carbocycles. The molecule has 1 aromatic heterocycles. The maximum atomic E-state index is 8.83. The fraction of sp³-hybridized carbons (Fsp3) is 0.0769. The van der Waals surface area contributed by atoms with Gasteiger partial charge in [0.15, 0.2) is 0 Å². The number of hydrogen-bond acceptors (Lipinski definition) is 3. The molecule has 2 rings (SSSR count). The second-order valence-electron chi connectivity index (χ2n) is 3.41. The Morgan fingerprint density at radius 2 is 2.06 bits per heavy atom. The van der Waals surface area contributed by atoms with Gasteiger partial charge in [-0.1, -0.05) is 12.1 Å². The monoisotopic (exact) mass is 209 g/mol. The zero-order valence-corrected chi connectivity index (χ0v) is 8.96. The summed E-state index contributed by atoms with van der Waals surface area (Å²) >= 11 is 0. The second kappa shape index (κ2) is 4.45. The first-order chi connectivity index (χ1) is 7.81. The molecule has 2 aromatic rings. The number of nitriles is 1. The lowest BCUT2D eigenvalue weighted by atomic mass is 10.2. The first kappa shape index (κ1) is 10.2. The van der Waals surface area contributed by atoms with E-state index in [9.17, 15) is 0 Å². The first-order valence-electron chi connectivity index (χ1n) is 4.96. The van der Waals surface area contributed by atoms with Gasteiger partial charge in [-0.2, -0.15) is 5.26 Å². The summed E-state index contributed by atoms with van der Waals surface area (Å²) in [7, 11) is 1.93. The third-order valence-corrected chi connectivity index (χ3v) is 2.36. The van der Waals surface area contributed by atoms with Crippen molar-refractivity contribution in [3.8, 4) is 6.07 Å². The van der Waals surface area contributed by atoms with E-state index in [-0.39, 0.29) is 0 Å². The van der Waals surface area contributed by atoms with Crippen molar-refractivity contribution in [2.75, 3.05) is 11.9 Å². The van der Waals surface area contributed by atoms with Gasteiger partial charge in [0.2, 0.25) is 0 Å². The summed E-state index contributed by atoms with van der Waals surface area (Å²) in [6.07, 6.45) is 1.75. The fourth-order valence-corrected chi connectivity index (χ4v) is 1.47. The largest absolute Gasteiger partial charge is 0.329 e. The Balaban J connectivity index is 2.35. The Hall–Kier alpha value is -2.34. The van der Waals surface area contributed by atoms with E-state index in [4.69, 9.17) is 5.26 Å². The van der Waals surface area contributed by atoms with Crippen LogP contribution in [-0.4, -0.2) is 12.0 Å². The average Bonchev–Trinajstić information content (AvgIpc) is 2.39. The zero-order valence-electron chi connectivity index (χ0n) is 8.96. The van der Waals surface area contributed by atoms with E-state index in [2.05, 4.69) is 11.1 Å². The Labute approximate surface area is 94.6 Å². The summed E-state index contributed by atoms with van der Waals surface area (Å²) in [5.41, 5.74) is 1.61. The molecule has 16 heavy (non-hydrogen) atoms. The molecule has 0 spiro atoms. The van der Waals surface area contributed by atoms with Crippen LogP contribution in [0.15, 0.2) is 48.7 Å². The zero-order chi connectivity index (χ0) is 11.4. The standard InChI is InChI=1S/C13H11N3/c1-16(13-7-2-3-8-15-13)12-6-4-5-11(9-12)10-14/h2-9H,1H3. The van der Waals surface area contributed by atoms with Gasteiger partial charge in [-0.15, -0.1) is 0 Å². The van der Waals surface area contributed by atoms with Crippen LogP contribution in [0.4, 0.5) is 11.5 Å². The smallest absolute Gasteiger partial charge is 0.132 e. The van der Waals surface area contributed by atoms with Gasteiger partial charge in [-0.25, -0.2) is 4.98 Å². The molecule has 0 radical (unpaired) electrons. The van der Waals surface area contributed by atoms with Crippen LogP contribution < -0.4 is 4.90 Å². The van der Waals surface area contributed by atoms with Crippen LogP contribution in [0.5, 0.6) is 0 Å². The maximum Gasteiger partial charge on any atom is 0.132 e. The van der Waals surface area contributed by atoms with Gasteiger partial charge in [-0.3, -0.25) is 0 Å². The van der Waals surface area contributed by atoms with Gasteiger partial charge >= 0.3 is 0 Å². The van der Waals surface area contributed by atoms with Crippen LogP contribution in [0.3, 0.4) is 0 Å². The second-order valence-corrected chi connectivity index (χ2v) is 3.41. The summed E-state index contributed by atoms with van der Waals surface area (Å²) in [5, 5.41) is 8.83. The van der Waals surface area contributed by atoms with E-state index in [0.29, 0.717) is 5.56 Å². The number of nitrogens with zero attached hydrogens (tertiary/aromatic N) is 3. The number of benzene rings is 1. The molecule has 0 amide bonds. The van der Waals surface area contributed by atoms with Crippen LogP contribution in [-0.2, 0) is 0 Å². The molecule has 0 aliphatic heterocycles. The summed E-state index contributed by atoms with van der Waals surface area (Å²) in [6, 6.07) is 15.3. The highest BCUT2D eigenvalue weighted by atomic mass is 15.2. The normalized spacial score (nSPS) is 9.50. The number of anilines is 2. The minimum Gasteiger partial charge on any atom is -0.329 e. The Morgan fingerprint density at radius 3 is 2.75 bits per heavy atom. The van der Waals surface area contributed by atoms with E-state index in [1.54, 1.807) is 12.3 Å². The molecule has 0 fully saturated rings. The predicted octanol–water partition coefficient (Wildman–Crippen LogP) is 2.72. The maximum absolute atomic E-state index is 8.83. The number of hydrogen-bond donors (Lipinski definition) is 0. The molecule has 0 atom stereocenters. The fourth-order valence-electron chi connectivity index (χ4n) is 1.47. The van der Waals surface area contributed by atoms with Crippen molar-refractivity contribution in [1.29, 1.82) is 5.26 Å². The van der Waals surface area contributed by atoms with Gasteiger partial charge in [-0.05, 0) is 30.3 Å². The van der Waals surface area contributed by atoms with E-state index < -0.39 is 0 Å². The quantitative estimate of drug-likeness (QED) is 0.763. The summed E-state index contributed by atoms with van der Waals surface area (Å²) in [4.78, 5) is 6.20. The van der Waals surface area contributed by atoms with Crippen LogP contribution in [0.2, 0.25) is 0 Å². The van der Waals surface area contributed by atoms with Crippen LogP contribution in [0.1, 0.15) is 5.56 Å². The van der Waals surface area contributed by atoms with Crippen molar-refractivity contribution in [3.05, 3.63) is 54.2 Å². The van der Waals surface area contributed by atoms with Crippen LogP contribution in [0, 0.1) is 11.3 Å². The van der Waals surface area contributed by atoms with Gasteiger partial charge in [0.25, 0.3) is 0 Å². The average molecular weight is 209 g/mol. The topological polar surface area (TPSA) is 39.9 Å². The number of aromatic nitrogens is 1. The lowest BCUT2D eigenvalue weighted by Gasteiger charge is -2.17. The highest BCUT2D eigenvalue weighted by Crippen LogP contribution is 2.21. The van der Waals surface area contributed by atoms with E-state index in [0.717, 1.165) is 11.5 Å². The van der Waals surface area contributed by atoms with Gasteiger partial charge in [0, 0.05) is 18.9 Å². The van der Waals surface area contributed by atoms with Crippen molar-refractivity contribution in [1.82, 2.24) is 4.98 Å². The Kier molecular flexibility index (Phi) is 2.84. The van der Waals surface area contributed by atoms with Crippen LogP contribution >= 0.6 is 0 Å². The molecular formula is C13H11N3. The van der Waals surface area contributed by atoms with Crippen molar-refractivity contribution in [2.45, 2.75) is 0 Å². The molecule has 0 N–H and O–H groups in total. The van der Waals surface area contributed by atoms with E-state index >= 15 is 0 Å². The van der Waals surface area contributed by atoms with Crippen molar-refractivity contribution < 1.29 is 0 Å². The van der Waals surface area contributed by atoms with Crippen molar-refractivity contribution in [2.24, 2.45) is 0 Å². The summed E-state index contributed by atoms with van der Waals surface area (Å²) in [5.74, 6) is 0.859. The lowest BCUT2D eigenvalue weighted by Crippen LogP contribution is -2.10. The minimum absolute atomic E-state index is 0.653. The molecule has 78 valence electrons. The third-order valence-electron chi connectivity index (χ3n) is 2.36. The molecule has 0 bridgehead atoms. The molecule has 1 aromatic carbocycles. The molecule has 0 aliphatic rings. The van der Waals surface area contributed by atoms with E-state index in [1.807, 2.05) is 48.3 Å². The molecule has 0 saturated heterocycles. The number of rotatable bonds is 2. The number of pyridine rings is 1. The molecule has 0 aliphatic carbocycles. The first-order valence-corrected chi connectivity index (χ1v) is 4.96.